The van der Waals surface area contributed by atoms with Crippen molar-refractivity contribution in [2.24, 2.45) is 0 Å². The van der Waals surface area contributed by atoms with Crippen LogP contribution >= 0.6 is 0 Å². The maximum atomic E-state index is 9.44. The summed E-state index contributed by atoms with van der Waals surface area (Å²) in [6, 6.07) is 5.72. The van der Waals surface area contributed by atoms with E-state index >= 15 is 0 Å². The third kappa shape index (κ3) is 17.6. The Morgan fingerprint density at radius 1 is 1.09 bits per heavy atom. The van der Waals surface area contributed by atoms with Crippen molar-refractivity contribution in [2.75, 3.05) is 0 Å². The minimum atomic E-state index is 0. The fourth-order valence-electron chi connectivity index (χ4n) is 0.313. The highest BCUT2D eigenvalue weighted by Crippen LogP contribution is 1.73. The standard InChI is InChI=1S/C5H5N.C3H6O.BH3/c1-2-4-6-5-3-1;1-3(2)4;/h1-5H;1-2H3;1H3. The molecular formula is C8H14BNO. The molecule has 0 saturated heterocycles. The molecule has 2 nitrogen and oxygen atoms in total. The van der Waals surface area contributed by atoms with Gasteiger partial charge in [0.1, 0.15) is 5.78 Å². The molecule has 0 aliphatic heterocycles. The molecule has 0 N–H and O–H groups in total. The summed E-state index contributed by atoms with van der Waals surface area (Å²) in [5, 5.41) is 0. The van der Waals surface area contributed by atoms with E-state index in [1.807, 2.05) is 18.2 Å². The van der Waals surface area contributed by atoms with Gasteiger partial charge >= 0.3 is 0 Å². The fourth-order valence-corrected chi connectivity index (χ4v) is 0.313. The molecule has 0 unspecified atom stereocenters. The summed E-state index contributed by atoms with van der Waals surface area (Å²) in [5.74, 6) is 0.167. The second kappa shape index (κ2) is 8.88. The van der Waals surface area contributed by atoms with E-state index in [4.69, 9.17) is 0 Å². The molecule has 1 aromatic rings. The third-order valence-corrected chi connectivity index (χ3v) is 0.566. The molecular weight excluding hydrogens is 137 g/mol. The van der Waals surface area contributed by atoms with Crippen molar-refractivity contribution in [3.8, 4) is 0 Å². The molecule has 0 aromatic carbocycles. The molecule has 0 aliphatic rings. The predicted octanol–water partition coefficient (Wildman–Crippen LogP) is 0.493. The third-order valence-electron chi connectivity index (χ3n) is 0.566. The quantitative estimate of drug-likeness (QED) is 0.505. The van der Waals surface area contributed by atoms with E-state index in [9.17, 15) is 4.79 Å². The van der Waals surface area contributed by atoms with E-state index in [1.165, 1.54) is 13.8 Å². The lowest BCUT2D eigenvalue weighted by Gasteiger charge is -1.70. The Bertz CT molecular complexity index is 146. The summed E-state index contributed by atoms with van der Waals surface area (Å²) in [6.45, 7) is 3.06. The highest BCUT2D eigenvalue weighted by molar-refractivity contribution is 5.75. The maximum Gasteiger partial charge on any atom is 0.126 e. The molecule has 0 atom stereocenters. The SMILES string of the molecule is B.CC(C)=O.c1ccncc1. The van der Waals surface area contributed by atoms with Crippen LogP contribution in [0.5, 0.6) is 0 Å². The maximum absolute atomic E-state index is 9.44. The smallest absolute Gasteiger partial charge is 0.126 e. The number of ketones is 1. The van der Waals surface area contributed by atoms with Gasteiger partial charge in [0.05, 0.1) is 8.41 Å². The molecule has 11 heavy (non-hydrogen) atoms. The number of carbonyl (C=O) groups is 1. The van der Waals surface area contributed by atoms with E-state index in [-0.39, 0.29) is 14.2 Å². The number of hydrogen-bond acceptors (Lipinski definition) is 2. The molecule has 0 fully saturated rings. The molecule has 3 heteroatoms. The molecule has 0 amide bonds. The largest absolute Gasteiger partial charge is 0.300 e. The van der Waals surface area contributed by atoms with Gasteiger partial charge in [-0.2, -0.15) is 0 Å². The number of Topliss-reactive ketones (excluding diaryl/α,β-unsaturated/α-hetero) is 1. The van der Waals surface area contributed by atoms with Crippen LogP contribution in [0.2, 0.25) is 0 Å². The second-order valence-corrected chi connectivity index (χ2v) is 1.93. The fraction of sp³-hybridized carbons (Fsp3) is 0.250. The van der Waals surface area contributed by atoms with Crippen molar-refractivity contribution in [1.82, 2.24) is 4.98 Å². The monoisotopic (exact) mass is 151 g/mol. The molecule has 0 bridgehead atoms. The van der Waals surface area contributed by atoms with Gasteiger partial charge in [-0.3, -0.25) is 4.98 Å². The van der Waals surface area contributed by atoms with E-state index in [0.717, 1.165) is 0 Å². The van der Waals surface area contributed by atoms with E-state index in [2.05, 4.69) is 4.98 Å². The Morgan fingerprint density at radius 2 is 1.45 bits per heavy atom. The molecule has 0 aliphatic carbocycles. The Kier molecular flexibility index (Phi) is 10.1. The van der Waals surface area contributed by atoms with E-state index < -0.39 is 0 Å². The topological polar surface area (TPSA) is 30.0 Å². The molecule has 0 spiro atoms. The zero-order valence-corrected chi connectivity index (χ0v) is 6.24. The van der Waals surface area contributed by atoms with Crippen molar-refractivity contribution in [2.45, 2.75) is 13.8 Å². The Labute approximate surface area is 69.2 Å². The van der Waals surface area contributed by atoms with Gasteiger partial charge in [0, 0.05) is 12.4 Å². The molecule has 0 radical (unpaired) electrons. The average molecular weight is 151 g/mol. The van der Waals surface area contributed by atoms with Gasteiger partial charge in [0.25, 0.3) is 0 Å². The van der Waals surface area contributed by atoms with Crippen LogP contribution < -0.4 is 0 Å². The van der Waals surface area contributed by atoms with Crippen LogP contribution in [0.25, 0.3) is 0 Å². The lowest BCUT2D eigenvalue weighted by atomic mass is 10.5. The van der Waals surface area contributed by atoms with Crippen molar-refractivity contribution in [1.29, 1.82) is 0 Å². The zero-order chi connectivity index (χ0) is 7.82. The van der Waals surface area contributed by atoms with Gasteiger partial charge < -0.3 is 4.79 Å². The van der Waals surface area contributed by atoms with Gasteiger partial charge in [-0.15, -0.1) is 0 Å². The highest BCUT2D eigenvalue weighted by Gasteiger charge is 1.62. The minimum absolute atomic E-state index is 0. The lowest BCUT2D eigenvalue weighted by Crippen LogP contribution is -1.69. The summed E-state index contributed by atoms with van der Waals surface area (Å²) in [5.41, 5.74) is 0. The van der Waals surface area contributed by atoms with Crippen molar-refractivity contribution < 1.29 is 4.79 Å². The summed E-state index contributed by atoms with van der Waals surface area (Å²) in [6.07, 6.45) is 3.50. The number of hydrogen-bond donors (Lipinski definition) is 0. The summed E-state index contributed by atoms with van der Waals surface area (Å²) in [7, 11) is 0. The van der Waals surface area contributed by atoms with Crippen LogP contribution in [0.4, 0.5) is 0 Å². The van der Waals surface area contributed by atoms with Crippen LogP contribution in [0.1, 0.15) is 13.8 Å². The first-order valence-electron chi connectivity index (χ1n) is 3.05. The first-order chi connectivity index (χ1) is 4.73. The van der Waals surface area contributed by atoms with Crippen molar-refractivity contribution >= 4 is 14.2 Å². The number of aromatic nitrogens is 1. The van der Waals surface area contributed by atoms with Crippen LogP contribution in [0.3, 0.4) is 0 Å². The number of carbonyl (C=O) groups excluding carboxylic acids is 1. The average Bonchev–Trinajstić information content (AvgIpc) is 1.90. The van der Waals surface area contributed by atoms with Gasteiger partial charge in [-0.1, -0.05) is 6.07 Å². The second-order valence-electron chi connectivity index (χ2n) is 1.93. The number of pyridine rings is 1. The molecule has 1 aromatic heterocycles. The van der Waals surface area contributed by atoms with Crippen LogP contribution in [-0.4, -0.2) is 19.2 Å². The highest BCUT2D eigenvalue weighted by atomic mass is 16.1. The lowest BCUT2D eigenvalue weighted by molar-refractivity contribution is -0.114. The Hall–Kier alpha value is -1.12. The first-order valence-corrected chi connectivity index (χ1v) is 3.05. The van der Waals surface area contributed by atoms with Crippen LogP contribution in [-0.2, 0) is 4.79 Å². The first kappa shape index (κ1) is 12.6. The zero-order valence-electron chi connectivity index (χ0n) is 6.24. The van der Waals surface area contributed by atoms with Gasteiger partial charge in [-0.25, -0.2) is 0 Å². The van der Waals surface area contributed by atoms with Gasteiger partial charge in [-0.05, 0) is 26.0 Å². The number of rotatable bonds is 0. The normalized spacial score (nSPS) is 6.73. The Morgan fingerprint density at radius 3 is 1.55 bits per heavy atom. The summed E-state index contributed by atoms with van der Waals surface area (Å²) >= 11 is 0. The van der Waals surface area contributed by atoms with Crippen LogP contribution in [0, 0.1) is 0 Å². The molecule has 0 saturated carbocycles. The molecule has 1 heterocycles. The molecule has 1 rings (SSSR count). The van der Waals surface area contributed by atoms with E-state index in [0.29, 0.717) is 0 Å². The van der Waals surface area contributed by atoms with Crippen molar-refractivity contribution in [3.63, 3.8) is 0 Å². The van der Waals surface area contributed by atoms with E-state index in [1.54, 1.807) is 12.4 Å². The van der Waals surface area contributed by atoms with Gasteiger partial charge in [0.2, 0.25) is 0 Å². The summed E-state index contributed by atoms with van der Waals surface area (Å²) < 4.78 is 0. The molecule has 60 valence electrons. The predicted molar refractivity (Wildman–Crippen MR) is 50.5 cm³/mol. The van der Waals surface area contributed by atoms with Crippen molar-refractivity contribution in [3.05, 3.63) is 30.6 Å². The number of nitrogens with zero attached hydrogens (tertiary/aromatic N) is 1. The van der Waals surface area contributed by atoms with Gasteiger partial charge in [0.15, 0.2) is 0 Å². The minimum Gasteiger partial charge on any atom is -0.300 e. The Balaban J connectivity index is 0. The van der Waals surface area contributed by atoms with Crippen LogP contribution in [0.15, 0.2) is 30.6 Å². The summed E-state index contributed by atoms with van der Waals surface area (Å²) in [4.78, 5) is 13.2.